The van der Waals surface area contributed by atoms with Crippen LogP contribution in [-0.2, 0) is 0 Å². The van der Waals surface area contributed by atoms with E-state index in [0.29, 0.717) is 0 Å². The van der Waals surface area contributed by atoms with Crippen molar-refractivity contribution in [3.63, 3.8) is 0 Å². The molecule has 0 atom stereocenters. The van der Waals surface area contributed by atoms with Crippen molar-refractivity contribution in [2.24, 2.45) is 0 Å². The normalized spacial score (nSPS) is 42.9. The Labute approximate surface area is 81.0 Å². The molecule has 4 heterocycles. The average molecular weight is 202 g/mol. The van der Waals surface area contributed by atoms with Gasteiger partial charge in [-0.1, -0.05) is 0 Å². The largest absolute Gasteiger partial charge is 0.356 e. The van der Waals surface area contributed by atoms with Crippen LogP contribution in [0, 0.1) is 15.3 Å². The second-order valence-corrected chi connectivity index (χ2v) is 3.76. The Morgan fingerprint density at radius 2 is 0.857 bits per heavy atom. The van der Waals surface area contributed by atoms with Gasteiger partial charge in [0.05, 0.1) is 45.1 Å². The SMILES string of the molecule is C1N2CN3CN1CN(C2)C3.O=[N+]([O-])[O-]. The zero-order valence-corrected chi connectivity index (χ0v) is 7.70. The molecule has 0 saturated carbocycles. The van der Waals surface area contributed by atoms with Gasteiger partial charge in [0.25, 0.3) is 0 Å². The van der Waals surface area contributed by atoms with Gasteiger partial charge < -0.3 is 15.3 Å². The summed E-state index contributed by atoms with van der Waals surface area (Å²) < 4.78 is 0. The molecule has 14 heavy (non-hydrogen) atoms. The van der Waals surface area contributed by atoms with Crippen molar-refractivity contribution >= 4 is 0 Å². The van der Waals surface area contributed by atoms with E-state index in [2.05, 4.69) is 19.6 Å². The molecule has 0 aromatic heterocycles. The first kappa shape index (κ1) is 9.59. The fourth-order valence-corrected chi connectivity index (χ4v) is 2.23. The zero-order valence-electron chi connectivity index (χ0n) is 7.70. The van der Waals surface area contributed by atoms with Crippen molar-refractivity contribution < 1.29 is 5.09 Å². The third-order valence-electron chi connectivity index (χ3n) is 2.40. The van der Waals surface area contributed by atoms with E-state index in [1.807, 2.05) is 0 Å². The lowest BCUT2D eigenvalue weighted by molar-refractivity contribution is -0.402. The summed E-state index contributed by atoms with van der Waals surface area (Å²) in [4.78, 5) is 18.1. The van der Waals surface area contributed by atoms with Crippen molar-refractivity contribution in [3.05, 3.63) is 15.3 Å². The molecular formula is C6H12N5O3-. The molecule has 8 heteroatoms. The predicted molar refractivity (Wildman–Crippen MR) is 46.9 cm³/mol. The second kappa shape index (κ2) is 3.65. The maximum Gasteiger partial charge on any atom is 0.0689 e. The molecule has 80 valence electrons. The Morgan fingerprint density at radius 1 is 0.714 bits per heavy atom. The van der Waals surface area contributed by atoms with Crippen LogP contribution in [0.15, 0.2) is 0 Å². The first-order valence-corrected chi connectivity index (χ1v) is 4.34. The van der Waals surface area contributed by atoms with Crippen LogP contribution in [0.4, 0.5) is 0 Å². The summed E-state index contributed by atoms with van der Waals surface area (Å²) in [5, 5.41) is 14.8. The molecule has 0 spiro atoms. The molecule has 0 radical (unpaired) electrons. The molecule has 0 amide bonds. The molecule has 0 aliphatic carbocycles. The van der Waals surface area contributed by atoms with Gasteiger partial charge in [0.1, 0.15) is 0 Å². The van der Waals surface area contributed by atoms with Crippen LogP contribution in [0.3, 0.4) is 0 Å². The summed E-state index contributed by atoms with van der Waals surface area (Å²) in [5.41, 5.74) is 0. The predicted octanol–water partition coefficient (Wildman–Crippen LogP) is -1.26. The summed E-state index contributed by atoms with van der Waals surface area (Å²) in [6, 6.07) is 0. The third-order valence-corrected chi connectivity index (χ3v) is 2.40. The minimum atomic E-state index is -1.75. The van der Waals surface area contributed by atoms with Crippen molar-refractivity contribution in [1.29, 1.82) is 0 Å². The Morgan fingerprint density at radius 3 is 1.00 bits per heavy atom. The lowest BCUT2D eigenvalue weighted by atomic mass is 10.4. The van der Waals surface area contributed by atoms with Crippen LogP contribution in [-0.4, -0.2) is 64.7 Å². The van der Waals surface area contributed by atoms with Gasteiger partial charge in [-0.15, -0.1) is 0 Å². The highest BCUT2D eigenvalue weighted by molar-refractivity contribution is 4.79. The molecule has 8 nitrogen and oxygen atoms in total. The minimum absolute atomic E-state index is 1.19. The van der Waals surface area contributed by atoms with Crippen molar-refractivity contribution in [2.45, 2.75) is 0 Å². The highest BCUT2D eigenvalue weighted by Crippen LogP contribution is 2.20. The van der Waals surface area contributed by atoms with Crippen molar-refractivity contribution in [2.75, 3.05) is 40.0 Å². The minimum Gasteiger partial charge on any atom is -0.356 e. The van der Waals surface area contributed by atoms with Crippen molar-refractivity contribution in [3.8, 4) is 0 Å². The highest BCUT2D eigenvalue weighted by atomic mass is 16.9. The highest BCUT2D eigenvalue weighted by Gasteiger charge is 2.36. The molecule has 4 saturated heterocycles. The van der Waals surface area contributed by atoms with Crippen molar-refractivity contribution in [1.82, 2.24) is 19.6 Å². The van der Waals surface area contributed by atoms with Gasteiger partial charge >= 0.3 is 0 Å². The van der Waals surface area contributed by atoms with Crippen LogP contribution in [0.1, 0.15) is 0 Å². The average Bonchev–Trinajstić information content (AvgIpc) is 1.98. The van der Waals surface area contributed by atoms with Gasteiger partial charge in [0, 0.05) is 0 Å². The molecule has 4 bridgehead atoms. The van der Waals surface area contributed by atoms with Gasteiger partial charge in [-0.05, 0) is 0 Å². The first-order chi connectivity index (χ1) is 6.63. The van der Waals surface area contributed by atoms with E-state index in [1.165, 1.54) is 40.0 Å². The quantitative estimate of drug-likeness (QED) is 0.358. The summed E-state index contributed by atoms with van der Waals surface area (Å²) in [7, 11) is 0. The number of hydrogen-bond donors (Lipinski definition) is 0. The van der Waals surface area contributed by atoms with Crippen LogP contribution >= 0.6 is 0 Å². The number of hydrogen-bond acceptors (Lipinski definition) is 7. The van der Waals surface area contributed by atoms with Crippen LogP contribution in [0.25, 0.3) is 0 Å². The Bertz CT molecular complexity index is 175. The smallest absolute Gasteiger partial charge is 0.0689 e. The summed E-state index contributed by atoms with van der Waals surface area (Å²) in [6.07, 6.45) is 0. The molecule has 0 aromatic carbocycles. The monoisotopic (exact) mass is 202 g/mol. The van der Waals surface area contributed by atoms with Gasteiger partial charge in [-0.3, -0.25) is 19.6 Å². The summed E-state index contributed by atoms with van der Waals surface area (Å²) >= 11 is 0. The summed E-state index contributed by atoms with van der Waals surface area (Å²) in [6.45, 7) is 7.12. The third kappa shape index (κ3) is 2.10. The molecule has 4 rings (SSSR count). The van der Waals surface area contributed by atoms with E-state index >= 15 is 0 Å². The van der Waals surface area contributed by atoms with E-state index in [4.69, 9.17) is 15.3 Å². The maximum absolute atomic E-state index is 8.25. The molecule has 0 N–H and O–H groups in total. The summed E-state index contributed by atoms with van der Waals surface area (Å²) in [5.74, 6) is 0. The van der Waals surface area contributed by atoms with E-state index in [9.17, 15) is 0 Å². The Balaban J connectivity index is 0.000000165. The van der Waals surface area contributed by atoms with Gasteiger partial charge in [-0.2, -0.15) is 0 Å². The standard InChI is InChI=1S/C6H12N4.NO3/c1-7-2-9-4-8(1)5-10(3-7)6-9;2-1(3)4/h1-6H2;/q;-1. The lowest BCUT2D eigenvalue weighted by Gasteiger charge is -2.56. The van der Waals surface area contributed by atoms with E-state index < -0.39 is 5.09 Å². The molecule has 4 aliphatic heterocycles. The van der Waals surface area contributed by atoms with E-state index in [-0.39, 0.29) is 0 Å². The maximum atomic E-state index is 8.25. The molecule has 0 aromatic rings. The molecule has 4 aliphatic rings. The Kier molecular flexibility index (Phi) is 2.50. The van der Waals surface area contributed by atoms with E-state index in [0.717, 1.165) is 0 Å². The van der Waals surface area contributed by atoms with Crippen LogP contribution in [0.5, 0.6) is 0 Å². The topological polar surface area (TPSA) is 79.2 Å². The van der Waals surface area contributed by atoms with Gasteiger partial charge in [-0.25, -0.2) is 0 Å². The van der Waals surface area contributed by atoms with Crippen LogP contribution < -0.4 is 0 Å². The number of rotatable bonds is 0. The zero-order chi connectivity index (χ0) is 10.1. The van der Waals surface area contributed by atoms with E-state index in [1.54, 1.807) is 0 Å². The van der Waals surface area contributed by atoms with Crippen LogP contribution in [0.2, 0.25) is 0 Å². The fraction of sp³-hybridized carbons (Fsp3) is 1.00. The van der Waals surface area contributed by atoms with Gasteiger partial charge in [0.15, 0.2) is 0 Å². The lowest BCUT2D eigenvalue weighted by Crippen LogP contribution is -2.71. The second-order valence-electron chi connectivity index (χ2n) is 3.76. The molecular weight excluding hydrogens is 190 g/mol. The first-order valence-electron chi connectivity index (χ1n) is 4.34. The van der Waals surface area contributed by atoms with Gasteiger partial charge in [0.2, 0.25) is 0 Å². The number of nitrogens with zero attached hydrogens (tertiary/aromatic N) is 5. The fourth-order valence-electron chi connectivity index (χ4n) is 2.23. The molecule has 4 fully saturated rings. The Hall–Kier alpha value is -0.960. The molecule has 0 unspecified atom stereocenters.